The van der Waals surface area contributed by atoms with Gasteiger partial charge < -0.3 is 4.74 Å². The fourth-order valence-electron chi connectivity index (χ4n) is 1.51. The van der Waals surface area contributed by atoms with Crippen LogP contribution in [0.1, 0.15) is 25.0 Å². The fraction of sp³-hybridized carbons (Fsp3) is 0.500. The van der Waals surface area contributed by atoms with Gasteiger partial charge in [0, 0.05) is 5.88 Å². The second-order valence-corrected chi connectivity index (χ2v) is 7.39. The average molecular weight is 319 g/mol. The highest BCUT2D eigenvalue weighted by atomic mass is 35.5. The van der Waals surface area contributed by atoms with Crippen LogP contribution < -0.4 is 0 Å². The summed E-state index contributed by atoms with van der Waals surface area (Å²) in [7, 11) is -3.51. The Balaban J connectivity index is 2.58. The number of halogens is 1. The zero-order valence-corrected chi connectivity index (χ0v) is 13.2. The molecule has 112 valence electrons. The summed E-state index contributed by atoms with van der Waals surface area (Å²) >= 11 is 5.66. The van der Waals surface area contributed by atoms with Crippen LogP contribution in [0.3, 0.4) is 0 Å². The Bertz CT molecular complexity index is 535. The molecule has 1 aromatic carbocycles. The summed E-state index contributed by atoms with van der Waals surface area (Å²) in [4.78, 5) is 11.4. The van der Waals surface area contributed by atoms with Crippen LogP contribution in [0.2, 0.25) is 0 Å². The van der Waals surface area contributed by atoms with Gasteiger partial charge in [-0.2, -0.15) is 0 Å². The van der Waals surface area contributed by atoms with E-state index in [1.807, 2.05) is 13.8 Å². The Hall–Kier alpha value is -1.07. The molecular weight excluding hydrogens is 300 g/mol. The number of hydrogen-bond donors (Lipinski definition) is 0. The molecule has 4 nitrogen and oxygen atoms in total. The summed E-state index contributed by atoms with van der Waals surface area (Å²) in [6, 6.07) is 6.95. The van der Waals surface area contributed by atoms with Crippen LogP contribution in [0.5, 0.6) is 0 Å². The van der Waals surface area contributed by atoms with Crippen molar-refractivity contribution in [3.63, 3.8) is 0 Å². The van der Waals surface area contributed by atoms with Gasteiger partial charge in [0.15, 0.2) is 9.84 Å². The topological polar surface area (TPSA) is 60.4 Å². The van der Waals surface area contributed by atoms with E-state index in [4.69, 9.17) is 16.3 Å². The highest BCUT2D eigenvalue weighted by molar-refractivity contribution is 7.91. The largest absolute Gasteiger partial charge is 0.465 e. The molecule has 0 aliphatic heterocycles. The predicted molar refractivity (Wildman–Crippen MR) is 79.3 cm³/mol. The Kier molecular flexibility index (Phi) is 6.49. The molecule has 0 aromatic heterocycles. The number of sulfone groups is 1. The lowest BCUT2D eigenvalue weighted by Crippen LogP contribution is -2.21. The van der Waals surface area contributed by atoms with E-state index in [-0.39, 0.29) is 18.3 Å². The predicted octanol–water partition coefficient (Wildman–Crippen LogP) is 2.54. The first-order valence-corrected chi connectivity index (χ1v) is 8.68. The fourth-order valence-corrected chi connectivity index (χ4v) is 2.93. The van der Waals surface area contributed by atoms with Gasteiger partial charge in [0.2, 0.25) is 0 Å². The maximum atomic E-state index is 11.9. The van der Waals surface area contributed by atoms with Crippen molar-refractivity contribution in [3.05, 3.63) is 35.4 Å². The highest BCUT2D eigenvalue weighted by Crippen LogP contribution is 2.11. The van der Waals surface area contributed by atoms with E-state index in [9.17, 15) is 13.2 Å². The number of rotatable bonds is 7. The molecule has 0 N–H and O–H groups in total. The smallest absolute Gasteiger partial charge is 0.321 e. The first-order chi connectivity index (χ1) is 9.32. The summed E-state index contributed by atoms with van der Waals surface area (Å²) in [6.07, 6.45) is 0. The number of carbonyl (C=O) groups is 1. The van der Waals surface area contributed by atoms with E-state index in [0.29, 0.717) is 11.4 Å². The van der Waals surface area contributed by atoms with E-state index in [1.165, 1.54) is 0 Å². The Morgan fingerprint density at radius 3 is 2.25 bits per heavy atom. The molecule has 0 saturated carbocycles. The third-order valence-electron chi connectivity index (χ3n) is 2.48. The van der Waals surface area contributed by atoms with E-state index in [2.05, 4.69) is 0 Å². The average Bonchev–Trinajstić information content (AvgIpc) is 2.36. The van der Waals surface area contributed by atoms with Gasteiger partial charge in [-0.15, -0.1) is 11.6 Å². The number of esters is 1. The van der Waals surface area contributed by atoms with Crippen molar-refractivity contribution in [2.75, 3.05) is 12.4 Å². The summed E-state index contributed by atoms with van der Waals surface area (Å²) < 4.78 is 28.6. The molecule has 0 heterocycles. The number of alkyl halides is 1. The van der Waals surface area contributed by atoms with Gasteiger partial charge in [0.25, 0.3) is 0 Å². The lowest BCUT2D eigenvalue weighted by Gasteiger charge is -2.08. The van der Waals surface area contributed by atoms with Gasteiger partial charge in [-0.05, 0) is 17.0 Å². The van der Waals surface area contributed by atoms with Crippen molar-refractivity contribution in [3.8, 4) is 0 Å². The SMILES string of the molecule is CC(C)COC(=O)CS(=O)(=O)Cc1ccc(CCl)cc1. The van der Waals surface area contributed by atoms with Crippen LogP contribution in [-0.2, 0) is 31.0 Å². The quantitative estimate of drug-likeness (QED) is 0.572. The maximum Gasteiger partial charge on any atom is 0.321 e. The minimum Gasteiger partial charge on any atom is -0.465 e. The van der Waals surface area contributed by atoms with Crippen molar-refractivity contribution >= 4 is 27.4 Å². The van der Waals surface area contributed by atoms with Gasteiger partial charge in [0.05, 0.1) is 12.4 Å². The molecule has 0 aliphatic rings. The molecule has 0 unspecified atom stereocenters. The molecule has 0 aliphatic carbocycles. The minimum atomic E-state index is -3.51. The summed E-state index contributed by atoms with van der Waals surface area (Å²) in [5.74, 6) is -0.890. The molecule has 6 heteroatoms. The summed E-state index contributed by atoms with van der Waals surface area (Å²) in [5.41, 5.74) is 1.56. The molecule has 0 saturated heterocycles. The van der Waals surface area contributed by atoms with E-state index >= 15 is 0 Å². The van der Waals surface area contributed by atoms with Crippen molar-refractivity contribution in [2.24, 2.45) is 5.92 Å². The Morgan fingerprint density at radius 1 is 1.20 bits per heavy atom. The first kappa shape index (κ1) is 17.0. The second-order valence-electron chi connectivity index (χ2n) is 5.06. The Labute approximate surface area is 125 Å². The lowest BCUT2D eigenvalue weighted by molar-refractivity contribution is -0.141. The normalized spacial score (nSPS) is 11.6. The molecular formula is C14H19ClO4S. The minimum absolute atomic E-state index is 0.174. The molecule has 1 aromatic rings. The molecule has 1 rings (SSSR count). The number of ether oxygens (including phenoxy) is 1. The third kappa shape index (κ3) is 6.39. The van der Waals surface area contributed by atoms with Crippen LogP contribution in [0.4, 0.5) is 0 Å². The van der Waals surface area contributed by atoms with E-state index in [1.54, 1.807) is 24.3 Å². The lowest BCUT2D eigenvalue weighted by atomic mass is 10.2. The third-order valence-corrected chi connectivity index (χ3v) is 4.24. The van der Waals surface area contributed by atoms with Gasteiger partial charge in [0.1, 0.15) is 5.75 Å². The van der Waals surface area contributed by atoms with Crippen LogP contribution >= 0.6 is 11.6 Å². The molecule has 0 radical (unpaired) electrons. The standard InChI is InChI=1S/C14H19ClO4S/c1-11(2)8-19-14(16)10-20(17,18)9-13-5-3-12(7-15)4-6-13/h3-6,11H,7-10H2,1-2H3. The molecule has 20 heavy (non-hydrogen) atoms. The molecule has 0 bridgehead atoms. The Morgan fingerprint density at radius 2 is 1.75 bits per heavy atom. The van der Waals surface area contributed by atoms with E-state index in [0.717, 1.165) is 5.56 Å². The van der Waals surface area contributed by atoms with Gasteiger partial charge in [-0.25, -0.2) is 8.42 Å². The van der Waals surface area contributed by atoms with Crippen molar-refractivity contribution in [2.45, 2.75) is 25.5 Å². The zero-order valence-electron chi connectivity index (χ0n) is 11.6. The monoisotopic (exact) mass is 318 g/mol. The number of hydrogen-bond acceptors (Lipinski definition) is 4. The van der Waals surface area contributed by atoms with Crippen molar-refractivity contribution < 1.29 is 17.9 Å². The number of carbonyl (C=O) groups excluding carboxylic acids is 1. The molecule has 0 amide bonds. The first-order valence-electron chi connectivity index (χ1n) is 6.32. The van der Waals surface area contributed by atoms with Crippen LogP contribution in [0.15, 0.2) is 24.3 Å². The summed E-state index contributed by atoms with van der Waals surface area (Å²) in [6.45, 7) is 4.01. The van der Waals surface area contributed by atoms with Crippen LogP contribution in [-0.4, -0.2) is 26.7 Å². The van der Waals surface area contributed by atoms with Crippen molar-refractivity contribution in [1.82, 2.24) is 0 Å². The van der Waals surface area contributed by atoms with Gasteiger partial charge >= 0.3 is 5.97 Å². The van der Waals surface area contributed by atoms with Crippen molar-refractivity contribution in [1.29, 1.82) is 0 Å². The van der Waals surface area contributed by atoms with Crippen LogP contribution in [0.25, 0.3) is 0 Å². The molecule has 0 spiro atoms. The highest BCUT2D eigenvalue weighted by Gasteiger charge is 2.18. The van der Waals surface area contributed by atoms with E-state index < -0.39 is 21.6 Å². The zero-order chi connectivity index (χ0) is 15.2. The number of benzene rings is 1. The maximum absolute atomic E-state index is 11.9. The van der Waals surface area contributed by atoms with Gasteiger partial charge in [-0.1, -0.05) is 38.1 Å². The van der Waals surface area contributed by atoms with Gasteiger partial charge in [-0.3, -0.25) is 4.79 Å². The summed E-state index contributed by atoms with van der Waals surface area (Å²) in [5, 5.41) is 0. The second kappa shape index (κ2) is 7.64. The molecule has 0 fully saturated rings. The molecule has 0 atom stereocenters. The van der Waals surface area contributed by atoms with Crippen LogP contribution in [0, 0.1) is 5.92 Å².